The lowest BCUT2D eigenvalue weighted by atomic mass is 10.1. The van der Waals surface area contributed by atoms with E-state index in [0.717, 1.165) is 5.69 Å². The maximum Gasteiger partial charge on any atom is 0.230 e. The van der Waals surface area contributed by atoms with E-state index < -0.39 is 0 Å². The molecule has 0 fully saturated rings. The second kappa shape index (κ2) is 6.29. The molecule has 0 aliphatic heterocycles. The molecule has 108 valence electrons. The number of ether oxygens (including phenoxy) is 3. The zero-order valence-corrected chi connectivity index (χ0v) is 12.0. The molecule has 0 bridgehead atoms. The van der Waals surface area contributed by atoms with Crippen LogP contribution in [0.4, 0.5) is 0 Å². The van der Waals surface area contributed by atoms with Crippen LogP contribution in [0.1, 0.15) is 5.69 Å². The van der Waals surface area contributed by atoms with Gasteiger partial charge in [0.15, 0.2) is 11.5 Å². The Morgan fingerprint density at radius 3 is 2.30 bits per heavy atom. The number of hydrogen-bond acceptors (Lipinski definition) is 6. The van der Waals surface area contributed by atoms with E-state index in [1.165, 1.54) is 0 Å². The van der Waals surface area contributed by atoms with Crippen LogP contribution >= 0.6 is 0 Å². The molecule has 2 aromatic rings. The third-order valence-electron chi connectivity index (χ3n) is 2.85. The van der Waals surface area contributed by atoms with E-state index in [9.17, 15) is 0 Å². The van der Waals surface area contributed by atoms with Crippen molar-refractivity contribution in [3.63, 3.8) is 0 Å². The summed E-state index contributed by atoms with van der Waals surface area (Å²) in [7, 11) is 6.59. The van der Waals surface area contributed by atoms with Crippen molar-refractivity contribution in [2.75, 3.05) is 28.4 Å². The van der Waals surface area contributed by atoms with Crippen molar-refractivity contribution in [3.05, 3.63) is 24.1 Å². The van der Waals surface area contributed by atoms with E-state index >= 15 is 0 Å². The van der Waals surface area contributed by atoms with Gasteiger partial charge in [0.2, 0.25) is 5.89 Å². The second-order valence-corrected chi connectivity index (χ2v) is 4.08. The standard InChI is InChI=1S/C14H18N2O4/c1-15-7-9-8-20-14(16-9)10-5-12(18-3)13(19-4)6-11(10)17-2/h5-6,8,15H,7H2,1-4H3. The van der Waals surface area contributed by atoms with Crippen LogP contribution in [-0.4, -0.2) is 33.4 Å². The fraction of sp³-hybridized carbons (Fsp3) is 0.357. The van der Waals surface area contributed by atoms with Gasteiger partial charge in [-0.1, -0.05) is 0 Å². The van der Waals surface area contributed by atoms with Gasteiger partial charge >= 0.3 is 0 Å². The van der Waals surface area contributed by atoms with Crippen molar-refractivity contribution in [1.29, 1.82) is 0 Å². The molecule has 1 N–H and O–H groups in total. The van der Waals surface area contributed by atoms with Crippen molar-refractivity contribution in [1.82, 2.24) is 10.3 Å². The first kappa shape index (κ1) is 14.2. The highest BCUT2D eigenvalue weighted by molar-refractivity contribution is 5.68. The Morgan fingerprint density at radius 1 is 1.05 bits per heavy atom. The van der Waals surface area contributed by atoms with Crippen molar-refractivity contribution >= 4 is 0 Å². The first-order chi connectivity index (χ1) is 9.73. The van der Waals surface area contributed by atoms with Crippen LogP contribution in [0.5, 0.6) is 17.2 Å². The smallest absolute Gasteiger partial charge is 0.230 e. The van der Waals surface area contributed by atoms with Gasteiger partial charge in [0.25, 0.3) is 0 Å². The molecule has 0 aliphatic rings. The average molecular weight is 278 g/mol. The highest BCUT2D eigenvalue weighted by Crippen LogP contribution is 2.39. The number of hydrogen-bond donors (Lipinski definition) is 1. The molecule has 2 rings (SSSR count). The highest BCUT2D eigenvalue weighted by atomic mass is 16.5. The van der Waals surface area contributed by atoms with Gasteiger partial charge in [0.05, 0.1) is 32.6 Å². The summed E-state index contributed by atoms with van der Waals surface area (Å²) in [6.07, 6.45) is 1.61. The van der Waals surface area contributed by atoms with Crippen molar-refractivity contribution in [2.45, 2.75) is 6.54 Å². The lowest BCUT2D eigenvalue weighted by molar-refractivity contribution is 0.349. The largest absolute Gasteiger partial charge is 0.496 e. The zero-order chi connectivity index (χ0) is 14.5. The second-order valence-electron chi connectivity index (χ2n) is 4.08. The van der Waals surface area contributed by atoms with Gasteiger partial charge in [-0.05, 0) is 7.05 Å². The van der Waals surface area contributed by atoms with Crippen LogP contribution in [0.2, 0.25) is 0 Å². The monoisotopic (exact) mass is 278 g/mol. The Bertz CT molecular complexity index is 581. The Morgan fingerprint density at radius 2 is 1.70 bits per heavy atom. The number of methoxy groups -OCH3 is 3. The molecule has 1 aromatic heterocycles. The molecule has 6 nitrogen and oxygen atoms in total. The molecule has 1 heterocycles. The average Bonchev–Trinajstić information content (AvgIpc) is 2.94. The van der Waals surface area contributed by atoms with Gasteiger partial charge in [-0.15, -0.1) is 0 Å². The molecule has 0 atom stereocenters. The Kier molecular flexibility index (Phi) is 4.47. The van der Waals surface area contributed by atoms with Gasteiger partial charge in [0, 0.05) is 18.7 Å². The molecule has 0 spiro atoms. The Labute approximate surface area is 117 Å². The Hall–Kier alpha value is -2.21. The number of nitrogens with one attached hydrogen (secondary N) is 1. The van der Waals surface area contributed by atoms with Crippen LogP contribution in [0.25, 0.3) is 11.5 Å². The van der Waals surface area contributed by atoms with E-state index in [2.05, 4.69) is 10.3 Å². The fourth-order valence-electron chi connectivity index (χ4n) is 1.89. The van der Waals surface area contributed by atoms with Gasteiger partial charge in [-0.25, -0.2) is 4.98 Å². The minimum atomic E-state index is 0.480. The number of oxazole rings is 1. The highest BCUT2D eigenvalue weighted by Gasteiger charge is 2.17. The SMILES string of the molecule is CNCc1coc(-c2cc(OC)c(OC)cc2OC)n1. The summed E-state index contributed by atoms with van der Waals surface area (Å²) in [6, 6.07) is 3.53. The van der Waals surface area contributed by atoms with Gasteiger partial charge in [0.1, 0.15) is 12.0 Å². The minimum Gasteiger partial charge on any atom is -0.496 e. The summed E-state index contributed by atoms with van der Waals surface area (Å²) in [5, 5.41) is 3.02. The lowest BCUT2D eigenvalue weighted by Gasteiger charge is -2.12. The molecule has 0 saturated carbocycles. The topological polar surface area (TPSA) is 65.8 Å². The third-order valence-corrected chi connectivity index (χ3v) is 2.85. The van der Waals surface area contributed by atoms with Crippen LogP contribution in [-0.2, 0) is 6.54 Å². The van der Waals surface area contributed by atoms with Crippen LogP contribution in [0.15, 0.2) is 22.8 Å². The summed E-state index contributed by atoms with van der Waals surface area (Å²) in [5.41, 5.74) is 1.53. The molecule has 0 unspecified atom stereocenters. The van der Waals surface area contributed by atoms with Crippen molar-refractivity contribution in [2.24, 2.45) is 0 Å². The number of benzene rings is 1. The number of aromatic nitrogens is 1. The van der Waals surface area contributed by atoms with E-state index in [1.54, 1.807) is 39.7 Å². The summed E-state index contributed by atoms with van der Waals surface area (Å²) in [5.74, 6) is 2.28. The zero-order valence-electron chi connectivity index (χ0n) is 12.0. The van der Waals surface area contributed by atoms with E-state index in [4.69, 9.17) is 18.6 Å². The molecule has 0 aliphatic carbocycles. The van der Waals surface area contributed by atoms with E-state index in [1.807, 2.05) is 7.05 Å². The van der Waals surface area contributed by atoms with Crippen molar-refractivity contribution in [3.8, 4) is 28.7 Å². The molecular formula is C14H18N2O4. The lowest BCUT2D eigenvalue weighted by Crippen LogP contribution is -2.05. The molecule has 20 heavy (non-hydrogen) atoms. The fourth-order valence-corrected chi connectivity index (χ4v) is 1.89. The third kappa shape index (κ3) is 2.70. The molecule has 1 aromatic carbocycles. The van der Waals surface area contributed by atoms with Gasteiger partial charge in [-0.3, -0.25) is 0 Å². The van der Waals surface area contributed by atoms with Crippen LogP contribution in [0.3, 0.4) is 0 Å². The Balaban J connectivity index is 2.47. The number of nitrogens with zero attached hydrogens (tertiary/aromatic N) is 1. The molecular weight excluding hydrogens is 260 g/mol. The van der Waals surface area contributed by atoms with Crippen molar-refractivity contribution < 1.29 is 18.6 Å². The summed E-state index contributed by atoms with van der Waals surface area (Å²) in [6.45, 7) is 0.638. The predicted molar refractivity (Wildman–Crippen MR) is 74.4 cm³/mol. The molecule has 6 heteroatoms. The summed E-state index contributed by atoms with van der Waals surface area (Å²) < 4.78 is 21.4. The quantitative estimate of drug-likeness (QED) is 0.872. The van der Waals surface area contributed by atoms with Gasteiger partial charge < -0.3 is 23.9 Å². The molecule has 0 saturated heterocycles. The number of rotatable bonds is 6. The van der Waals surface area contributed by atoms with E-state index in [-0.39, 0.29) is 0 Å². The normalized spacial score (nSPS) is 10.4. The van der Waals surface area contributed by atoms with Crippen LogP contribution in [0, 0.1) is 0 Å². The summed E-state index contributed by atoms with van der Waals surface area (Å²) >= 11 is 0. The summed E-state index contributed by atoms with van der Waals surface area (Å²) in [4.78, 5) is 4.40. The first-order valence-electron chi connectivity index (χ1n) is 6.12. The minimum absolute atomic E-state index is 0.480. The van der Waals surface area contributed by atoms with E-state index in [0.29, 0.717) is 35.2 Å². The predicted octanol–water partition coefficient (Wildman–Crippen LogP) is 2.09. The maximum absolute atomic E-state index is 5.49. The first-order valence-corrected chi connectivity index (χ1v) is 6.12. The van der Waals surface area contributed by atoms with Gasteiger partial charge in [-0.2, -0.15) is 0 Å². The molecule has 0 amide bonds. The maximum atomic E-state index is 5.49. The van der Waals surface area contributed by atoms with Crippen LogP contribution < -0.4 is 19.5 Å². The molecule has 0 radical (unpaired) electrons.